The second-order valence-electron chi connectivity index (χ2n) is 25.7. The molecule has 0 amide bonds. The van der Waals surface area contributed by atoms with Gasteiger partial charge in [-0.25, -0.2) is 28.5 Å². The number of likely N-dealkylation sites (tertiary alicyclic amines) is 1. The fourth-order valence-corrected chi connectivity index (χ4v) is 13.3. The molecule has 40 nitrogen and oxygen atoms in total. The van der Waals surface area contributed by atoms with E-state index in [1.807, 2.05) is 30.9 Å². The highest BCUT2D eigenvalue weighted by Gasteiger charge is 2.44. The van der Waals surface area contributed by atoms with Crippen LogP contribution in [0.15, 0.2) is 116 Å². The molecular formula is C63H79FN22O18P2+2. The van der Waals surface area contributed by atoms with Crippen molar-refractivity contribution in [2.45, 2.75) is 82.8 Å². The van der Waals surface area contributed by atoms with E-state index in [9.17, 15) is 57.9 Å². The average molecular weight is 1510 g/mol. The van der Waals surface area contributed by atoms with E-state index < -0.39 is 69.6 Å². The number of aliphatic hydroxyl groups excluding tert-OH is 6. The summed E-state index contributed by atoms with van der Waals surface area (Å²) in [6.45, 7) is 5.72. The standard InChI is InChI=1S/C14H13FN4O2.C14H14N5O4P.C12H20N5O4P.C12H17N5O3.C11H13N3O5/c15-10-4-2-1-3-7(10)9(6-20)8-5-17-12-11(8)18-14(16)19-13(12)21;15-14-17-12-11(13(20)18-14)16-8-19(12)7-10-4-2-1-3-9(10)5-6-24(21,22)23;1-12(2,4-6-22(19,20)21)3-5-17-7-14-8-9(17)15-11(13)16-10(8)18;13-12-15-9-6(1-14-10(9)11(20)16-12)2-17-3-7(5-18)8(19)4-17;15-2-5-8(16)9(17)10(19-5)4-1-12-7-6(4)13-3-14-11(7)18/h1-5,9,17,20H,6H2,(H3,16,18,19,21);1-6,8H,7H2,(H5,15,17,18,20,21,22,23);7H,3-6H2,1-2H3,(H5,13,15,16,18,19,20,21);1,7-8,14,18-19H,2-5H2,(H3,13,15,16,20);1,3,5,8-10,12,15-17H,2H2,(H,13,14,18)/p+2/b;6-5+;;;/t9-;;;;5-,8-,9-,10+/m0...1/s1. The minimum atomic E-state index is -4.24. The van der Waals surface area contributed by atoms with E-state index in [0.29, 0.717) is 112 Å². The first-order chi connectivity index (χ1) is 50.2. The number of aromatic amines is 10. The van der Waals surface area contributed by atoms with Gasteiger partial charge in [0.2, 0.25) is 22.9 Å². The molecule has 12 heterocycles. The number of H-pyrrole nitrogens is 10. The number of aromatic nitrogens is 17. The summed E-state index contributed by atoms with van der Waals surface area (Å²) in [5.74, 6) is -0.218. The minimum absolute atomic E-state index is 0.00975. The third-order valence-electron chi connectivity index (χ3n) is 17.6. The van der Waals surface area contributed by atoms with Crippen LogP contribution in [0, 0.1) is 17.2 Å². The second kappa shape index (κ2) is 32.7. The summed E-state index contributed by atoms with van der Waals surface area (Å²) in [6, 6.07) is 13.3. The number of ether oxygens (including phenoxy) is 1. The first-order valence-electron chi connectivity index (χ1n) is 32.4. The summed E-state index contributed by atoms with van der Waals surface area (Å²) < 4.78 is 44.8. The largest absolute Gasteiger partial charge is 0.396 e. The zero-order valence-corrected chi connectivity index (χ0v) is 58.2. The Kier molecular flexibility index (Phi) is 24.0. The number of nitrogens with zero attached hydrogens (tertiary/aromatic N) is 8. The number of fused-ring (bicyclic) bond motifs is 5. The molecule has 0 spiro atoms. The van der Waals surface area contributed by atoms with E-state index in [4.69, 9.17) is 57.5 Å². The van der Waals surface area contributed by atoms with Gasteiger partial charge in [-0.05, 0) is 47.1 Å². The molecule has 0 radical (unpaired) electrons. The molecule has 10 aromatic heterocycles. The molecule has 2 saturated heterocycles. The topological polar surface area (TPSA) is 668 Å². The molecule has 7 atom stereocenters. The van der Waals surface area contributed by atoms with Gasteiger partial charge in [0.25, 0.3) is 39.7 Å². The summed E-state index contributed by atoms with van der Waals surface area (Å²) in [5.41, 5.74) is 27.6. The van der Waals surface area contributed by atoms with Crippen molar-refractivity contribution in [3.8, 4) is 0 Å². The highest BCUT2D eigenvalue weighted by Crippen LogP contribution is 2.41. The molecule has 0 saturated carbocycles. The normalized spacial score (nSPS) is 18.0. The lowest BCUT2D eigenvalue weighted by atomic mass is 9.86. The van der Waals surface area contributed by atoms with Crippen LogP contribution in [-0.2, 0) is 33.5 Å². The number of hydrogen-bond donors (Lipinski definition) is 24. The molecule has 106 heavy (non-hydrogen) atoms. The van der Waals surface area contributed by atoms with Crippen LogP contribution >= 0.6 is 15.2 Å². The average Bonchev–Trinajstić information content (AvgIpc) is 1.64. The number of nitrogen functional groups attached to an aromatic ring is 4. The maximum atomic E-state index is 13.9. The lowest BCUT2D eigenvalue weighted by Crippen LogP contribution is -2.36. The second-order valence-corrected chi connectivity index (χ2v) is 28.9. The minimum Gasteiger partial charge on any atom is -0.396 e. The number of nitrogens with one attached hydrogen (secondary N) is 10. The van der Waals surface area contributed by atoms with Crippen molar-refractivity contribution in [3.63, 3.8) is 0 Å². The van der Waals surface area contributed by atoms with E-state index in [1.165, 1.54) is 24.7 Å². The van der Waals surface area contributed by atoms with Gasteiger partial charge in [-0.3, -0.25) is 67.9 Å². The number of hydrogen-bond acceptors (Lipinski definition) is 24. The lowest BCUT2D eigenvalue weighted by Gasteiger charge is -2.23. The van der Waals surface area contributed by atoms with E-state index in [2.05, 4.69) is 74.8 Å². The lowest BCUT2D eigenvalue weighted by molar-refractivity contribution is -0.675. The van der Waals surface area contributed by atoms with Crippen LogP contribution in [-0.4, -0.2) is 193 Å². The fraction of sp³-hybridized carbons (Fsp3) is 0.333. The first-order valence-corrected chi connectivity index (χ1v) is 35.9. The third-order valence-corrected chi connectivity index (χ3v) is 18.9. The van der Waals surface area contributed by atoms with E-state index >= 15 is 0 Å². The summed E-state index contributed by atoms with van der Waals surface area (Å²) >= 11 is 0. The molecule has 0 aliphatic carbocycles. The molecule has 2 fully saturated rings. The monoisotopic (exact) mass is 1510 g/mol. The van der Waals surface area contributed by atoms with Gasteiger partial charge in [0.15, 0.2) is 12.7 Å². The number of rotatable bonds is 18. The third kappa shape index (κ3) is 18.5. The Balaban J connectivity index is 0.000000142. The van der Waals surface area contributed by atoms with Gasteiger partial charge >= 0.3 is 26.5 Å². The Hall–Kier alpha value is -10.7. The Morgan fingerprint density at radius 3 is 1.81 bits per heavy atom. The maximum Gasteiger partial charge on any atom is 0.349 e. The number of anilines is 4. The molecule has 2 aliphatic heterocycles. The van der Waals surface area contributed by atoms with Crippen LogP contribution in [0.4, 0.5) is 28.2 Å². The quantitative estimate of drug-likeness (QED) is 0.0345. The molecule has 14 rings (SSSR count). The van der Waals surface area contributed by atoms with Gasteiger partial charge < -0.3 is 97.8 Å². The van der Waals surface area contributed by atoms with Gasteiger partial charge in [0.05, 0.1) is 44.9 Å². The molecular weight excluding hydrogens is 1430 g/mol. The molecule has 12 aromatic rings. The predicted molar refractivity (Wildman–Crippen MR) is 382 cm³/mol. The van der Waals surface area contributed by atoms with E-state index in [1.54, 1.807) is 64.5 Å². The number of imidazole rings is 2. The number of benzene rings is 2. The number of halogens is 1. The fourth-order valence-electron chi connectivity index (χ4n) is 12.0. The first kappa shape index (κ1) is 77.9. The van der Waals surface area contributed by atoms with Crippen molar-refractivity contribution in [1.82, 2.24) is 79.7 Å². The van der Waals surface area contributed by atoms with E-state index in [-0.39, 0.29) is 87.8 Å². The van der Waals surface area contributed by atoms with Crippen LogP contribution in [0.5, 0.6) is 0 Å². The van der Waals surface area contributed by atoms with E-state index in [0.717, 1.165) is 16.9 Å². The predicted octanol–water partition coefficient (Wildman–Crippen LogP) is -1.46. The Morgan fingerprint density at radius 2 is 1.21 bits per heavy atom. The number of aliphatic hydroxyl groups is 6. The number of aryl methyl sites for hydroxylation is 1. The van der Waals surface area contributed by atoms with Crippen molar-refractivity contribution in [2.24, 2.45) is 11.3 Å². The van der Waals surface area contributed by atoms with Gasteiger partial charge in [-0.2, -0.15) is 0 Å². The zero-order valence-electron chi connectivity index (χ0n) is 56.5. The molecule has 28 N–H and O–H groups in total. The molecule has 2 aromatic carbocycles. The van der Waals surface area contributed by atoms with Crippen molar-refractivity contribution >= 4 is 100 Å². The van der Waals surface area contributed by atoms with Gasteiger partial charge in [0.1, 0.15) is 63.3 Å². The van der Waals surface area contributed by atoms with Gasteiger partial charge in [-0.1, -0.05) is 66.3 Å². The van der Waals surface area contributed by atoms with Crippen LogP contribution in [0.1, 0.15) is 72.1 Å². The summed E-state index contributed by atoms with van der Waals surface area (Å²) in [7, 11) is -8.23. The van der Waals surface area contributed by atoms with Gasteiger partial charge in [0, 0.05) is 79.2 Å². The van der Waals surface area contributed by atoms with Crippen molar-refractivity contribution in [2.75, 3.05) is 62.0 Å². The highest BCUT2D eigenvalue weighted by atomic mass is 31.2. The van der Waals surface area contributed by atoms with Crippen LogP contribution in [0.25, 0.3) is 61.5 Å². The molecule has 2 unspecified atom stereocenters. The molecule has 564 valence electrons. The maximum absolute atomic E-state index is 13.9. The van der Waals surface area contributed by atoms with Crippen LogP contribution in [0.2, 0.25) is 0 Å². The van der Waals surface area contributed by atoms with Crippen LogP contribution < -0.4 is 59.9 Å². The SMILES string of the molecule is CC(C)(CC[n+]1c[nH]c2c(=O)[nH]c(N)nc21)CCP(=O)(O)O.Nc1nc2c(CN3CC(O)C(CO)C3)c[nH]c2c(=O)[nH]1.Nc1nc2c([C@@H](CO)c3ccccc3F)c[nH]c2c(=O)[nH]1.Nc1nc2c([nH]c[n+]2Cc2ccccc2/C=C/P(=O)(O)O)c(=O)[nH]1.O=c1[nH]cnc2c([C@@H]3O[C@H](CO)[C@@H](O)[C@H]3O)c[nH]c12. The van der Waals surface area contributed by atoms with Crippen LogP contribution in [0.3, 0.4) is 0 Å². The zero-order chi connectivity index (χ0) is 76.7. The Bertz CT molecular complexity index is 5560. The Morgan fingerprint density at radius 1 is 0.642 bits per heavy atom. The van der Waals surface area contributed by atoms with Crippen molar-refractivity contribution in [1.29, 1.82) is 0 Å². The summed E-state index contributed by atoms with van der Waals surface area (Å²) in [4.78, 5) is 143. The van der Waals surface area contributed by atoms with Crippen molar-refractivity contribution in [3.05, 3.63) is 183 Å². The smallest absolute Gasteiger partial charge is 0.349 e. The summed E-state index contributed by atoms with van der Waals surface area (Å²) in [6.07, 6.45) is 7.02. The molecule has 0 bridgehead atoms. The number of nitrogens with two attached hydrogens (primary N) is 4. The molecule has 43 heteroatoms. The Labute approximate surface area is 594 Å². The molecule has 2 aliphatic rings. The highest BCUT2D eigenvalue weighted by molar-refractivity contribution is 7.55. The summed E-state index contributed by atoms with van der Waals surface area (Å²) in [5, 5.41) is 57.3. The number of β-amino-alcohol motifs (C(OH)–C–C–N with tert-alkyl or cyclic N) is 1. The van der Waals surface area contributed by atoms with Crippen molar-refractivity contribution < 1.29 is 77.6 Å². The van der Waals surface area contributed by atoms with Gasteiger partial charge in [-0.15, -0.1) is 0 Å².